The Labute approximate surface area is 90.8 Å². The van der Waals surface area contributed by atoms with Gasteiger partial charge in [-0.25, -0.2) is 0 Å². The predicted octanol–water partition coefficient (Wildman–Crippen LogP) is 0.960. The van der Waals surface area contributed by atoms with E-state index in [1.807, 2.05) is 20.8 Å². The second-order valence-corrected chi connectivity index (χ2v) is 4.09. The van der Waals surface area contributed by atoms with E-state index in [0.29, 0.717) is 19.3 Å². The maximum absolute atomic E-state index is 11.9. The molecule has 0 aromatic heterocycles. The highest BCUT2D eigenvalue weighted by Crippen LogP contribution is 2.20. The van der Waals surface area contributed by atoms with Crippen molar-refractivity contribution >= 4 is 11.8 Å². The molecule has 0 spiro atoms. The summed E-state index contributed by atoms with van der Waals surface area (Å²) in [7, 11) is 0. The van der Waals surface area contributed by atoms with E-state index in [1.165, 1.54) is 0 Å². The molecule has 2 N–H and O–H groups in total. The number of amides is 2. The summed E-state index contributed by atoms with van der Waals surface area (Å²) in [6.07, 6.45) is 2.88. The van der Waals surface area contributed by atoms with Crippen molar-refractivity contribution in [2.24, 2.45) is 0 Å². The normalized spacial score (nSPS) is 24.6. The summed E-state index contributed by atoms with van der Waals surface area (Å²) in [4.78, 5) is 23.6. The Morgan fingerprint density at radius 2 is 1.80 bits per heavy atom. The lowest BCUT2D eigenvalue weighted by molar-refractivity contribution is -0.142. The molecule has 2 amide bonds. The lowest BCUT2D eigenvalue weighted by Crippen LogP contribution is -2.68. The van der Waals surface area contributed by atoms with Crippen molar-refractivity contribution in [2.45, 2.75) is 58.0 Å². The average molecular weight is 212 g/mol. The van der Waals surface area contributed by atoms with Crippen LogP contribution in [0.25, 0.3) is 0 Å². The van der Waals surface area contributed by atoms with E-state index < -0.39 is 5.54 Å². The Morgan fingerprint density at radius 1 is 1.20 bits per heavy atom. The van der Waals surface area contributed by atoms with E-state index in [9.17, 15) is 9.59 Å². The summed E-state index contributed by atoms with van der Waals surface area (Å²) in [6, 6.07) is -0.339. The van der Waals surface area contributed by atoms with Gasteiger partial charge < -0.3 is 10.6 Å². The Hall–Kier alpha value is -1.06. The van der Waals surface area contributed by atoms with Gasteiger partial charge in [0.25, 0.3) is 0 Å². The highest BCUT2D eigenvalue weighted by molar-refractivity contribution is 5.99. The van der Waals surface area contributed by atoms with Crippen molar-refractivity contribution in [1.82, 2.24) is 10.6 Å². The Kier molecular flexibility index (Phi) is 3.72. The topological polar surface area (TPSA) is 58.2 Å². The van der Waals surface area contributed by atoms with Crippen molar-refractivity contribution in [2.75, 3.05) is 0 Å². The number of piperazine rings is 1. The summed E-state index contributed by atoms with van der Waals surface area (Å²) >= 11 is 0. The first kappa shape index (κ1) is 12.0. The fraction of sp³-hybridized carbons (Fsp3) is 0.818. The molecule has 1 heterocycles. The van der Waals surface area contributed by atoms with E-state index in [-0.39, 0.29) is 17.9 Å². The van der Waals surface area contributed by atoms with Crippen LogP contribution in [0, 0.1) is 0 Å². The second-order valence-electron chi connectivity index (χ2n) is 4.09. The fourth-order valence-corrected chi connectivity index (χ4v) is 1.98. The molecule has 0 bridgehead atoms. The van der Waals surface area contributed by atoms with E-state index in [4.69, 9.17) is 0 Å². The molecule has 1 atom stereocenters. The number of rotatable bonds is 4. The van der Waals surface area contributed by atoms with Crippen molar-refractivity contribution < 1.29 is 9.59 Å². The lowest BCUT2D eigenvalue weighted by Gasteiger charge is -2.38. The van der Waals surface area contributed by atoms with Gasteiger partial charge in [0.2, 0.25) is 11.8 Å². The Morgan fingerprint density at radius 3 is 2.27 bits per heavy atom. The van der Waals surface area contributed by atoms with Crippen LogP contribution in [0.2, 0.25) is 0 Å². The van der Waals surface area contributed by atoms with Crippen molar-refractivity contribution in [3.63, 3.8) is 0 Å². The van der Waals surface area contributed by atoms with Gasteiger partial charge in [-0.2, -0.15) is 0 Å². The zero-order chi connectivity index (χ0) is 11.5. The number of hydrogen-bond donors (Lipinski definition) is 2. The van der Waals surface area contributed by atoms with Crippen LogP contribution in [0.15, 0.2) is 0 Å². The Balaban J connectivity index is 2.78. The van der Waals surface area contributed by atoms with Gasteiger partial charge in [0.15, 0.2) is 0 Å². The molecule has 1 rings (SSSR count). The minimum absolute atomic E-state index is 0.0365. The predicted molar refractivity (Wildman–Crippen MR) is 58.3 cm³/mol. The highest BCUT2D eigenvalue weighted by atomic mass is 16.2. The van der Waals surface area contributed by atoms with Gasteiger partial charge in [0.1, 0.15) is 11.6 Å². The van der Waals surface area contributed by atoms with Crippen LogP contribution < -0.4 is 10.6 Å². The third kappa shape index (κ3) is 2.13. The molecule has 4 heteroatoms. The maximum Gasteiger partial charge on any atom is 0.246 e. The summed E-state index contributed by atoms with van der Waals surface area (Å²) in [6.45, 7) is 5.84. The number of nitrogens with one attached hydrogen (secondary N) is 2. The van der Waals surface area contributed by atoms with Crippen molar-refractivity contribution in [3.8, 4) is 0 Å². The van der Waals surface area contributed by atoms with Gasteiger partial charge in [-0.3, -0.25) is 9.59 Å². The minimum atomic E-state index is -0.679. The van der Waals surface area contributed by atoms with Crippen LogP contribution in [0.3, 0.4) is 0 Å². The van der Waals surface area contributed by atoms with E-state index >= 15 is 0 Å². The van der Waals surface area contributed by atoms with E-state index in [0.717, 1.165) is 6.42 Å². The smallest absolute Gasteiger partial charge is 0.246 e. The second kappa shape index (κ2) is 4.64. The summed E-state index contributed by atoms with van der Waals surface area (Å²) < 4.78 is 0. The maximum atomic E-state index is 11.9. The van der Waals surface area contributed by atoms with Crippen LogP contribution in [0.1, 0.15) is 46.5 Å². The molecule has 1 aliphatic rings. The van der Waals surface area contributed by atoms with Crippen molar-refractivity contribution in [1.29, 1.82) is 0 Å². The molecular weight excluding hydrogens is 192 g/mol. The molecule has 1 unspecified atom stereocenters. The van der Waals surface area contributed by atoms with Gasteiger partial charge in [-0.05, 0) is 19.3 Å². The van der Waals surface area contributed by atoms with Crippen LogP contribution in [-0.4, -0.2) is 23.4 Å². The molecule has 15 heavy (non-hydrogen) atoms. The molecular formula is C11H20N2O2. The van der Waals surface area contributed by atoms with Gasteiger partial charge in [0, 0.05) is 0 Å². The number of carbonyl (C=O) groups excluding carboxylic acids is 2. The molecule has 0 aromatic rings. The fourth-order valence-electron chi connectivity index (χ4n) is 1.98. The first-order valence-corrected chi connectivity index (χ1v) is 5.72. The van der Waals surface area contributed by atoms with Crippen LogP contribution >= 0.6 is 0 Å². The molecule has 0 aliphatic carbocycles. The van der Waals surface area contributed by atoms with Crippen molar-refractivity contribution in [3.05, 3.63) is 0 Å². The summed E-state index contributed by atoms with van der Waals surface area (Å²) in [5.41, 5.74) is -0.679. The number of carbonyl (C=O) groups is 2. The molecule has 0 radical (unpaired) electrons. The Bertz CT molecular complexity index is 259. The first-order chi connectivity index (χ1) is 7.09. The molecule has 1 aliphatic heterocycles. The van der Waals surface area contributed by atoms with Gasteiger partial charge in [-0.1, -0.05) is 27.2 Å². The highest BCUT2D eigenvalue weighted by Gasteiger charge is 2.43. The molecule has 0 aromatic carbocycles. The summed E-state index contributed by atoms with van der Waals surface area (Å²) in [5.74, 6) is -0.0781. The van der Waals surface area contributed by atoms with Gasteiger partial charge in [0.05, 0.1) is 0 Å². The first-order valence-electron chi connectivity index (χ1n) is 5.72. The monoisotopic (exact) mass is 212 g/mol. The average Bonchev–Trinajstić information content (AvgIpc) is 2.23. The molecule has 0 saturated carbocycles. The SMILES string of the molecule is CCCC1NC(=O)C(CC)(CC)NC1=O. The third-order valence-corrected chi connectivity index (χ3v) is 3.20. The lowest BCUT2D eigenvalue weighted by atomic mass is 9.88. The van der Waals surface area contributed by atoms with E-state index in [1.54, 1.807) is 0 Å². The third-order valence-electron chi connectivity index (χ3n) is 3.20. The zero-order valence-corrected chi connectivity index (χ0v) is 9.72. The molecule has 4 nitrogen and oxygen atoms in total. The molecule has 86 valence electrons. The van der Waals surface area contributed by atoms with Crippen LogP contribution in [0.5, 0.6) is 0 Å². The van der Waals surface area contributed by atoms with Crippen LogP contribution in [0.4, 0.5) is 0 Å². The van der Waals surface area contributed by atoms with Gasteiger partial charge >= 0.3 is 0 Å². The van der Waals surface area contributed by atoms with E-state index in [2.05, 4.69) is 10.6 Å². The number of hydrogen-bond acceptors (Lipinski definition) is 2. The molecule has 1 saturated heterocycles. The minimum Gasteiger partial charge on any atom is -0.342 e. The van der Waals surface area contributed by atoms with Crippen LogP contribution in [-0.2, 0) is 9.59 Å². The largest absolute Gasteiger partial charge is 0.342 e. The summed E-state index contributed by atoms with van der Waals surface area (Å²) in [5, 5.41) is 5.67. The zero-order valence-electron chi connectivity index (χ0n) is 9.72. The standard InChI is InChI=1S/C11H20N2O2/c1-4-7-8-9(14)13-11(5-2,6-3)10(15)12-8/h8H,4-7H2,1-3H3,(H,12,15)(H,13,14). The van der Waals surface area contributed by atoms with Gasteiger partial charge in [-0.15, -0.1) is 0 Å². The quantitative estimate of drug-likeness (QED) is 0.729. The molecule has 1 fully saturated rings.